The summed E-state index contributed by atoms with van der Waals surface area (Å²) in [4.78, 5) is 11.4. The number of methoxy groups -OCH3 is 1. The largest absolute Gasteiger partial charge is 0.465 e. The Balaban J connectivity index is 0.00000144. The third-order valence-corrected chi connectivity index (χ3v) is 3.19. The monoisotopic (exact) mass is 255 g/mol. The third-order valence-electron chi connectivity index (χ3n) is 3.19. The van der Waals surface area contributed by atoms with Crippen molar-refractivity contribution >= 4 is 18.4 Å². The number of esters is 1. The van der Waals surface area contributed by atoms with E-state index < -0.39 is 0 Å². The first kappa shape index (κ1) is 14.0. The van der Waals surface area contributed by atoms with Gasteiger partial charge in [-0.05, 0) is 49.1 Å². The van der Waals surface area contributed by atoms with Crippen LogP contribution < -0.4 is 5.32 Å². The molecule has 1 heterocycles. The van der Waals surface area contributed by atoms with E-state index in [-0.39, 0.29) is 18.4 Å². The van der Waals surface area contributed by atoms with Gasteiger partial charge >= 0.3 is 5.97 Å². The average molecular weight is 256 g/mol. The topological polar surface area (TPSA) is 38.3 Å². The normalized spacial score (nSPS) is 18.6. The molecule has 2 rings (SSSR count). The van der Waals surface area contributed by atoms with Crippen LogP contribution in [-0.2, 0) is 4.74 Å². The molecule has 1 aliphatic rings. The number of carbonyl (C=O) groups is 1. The Labute approximate surface area is 108 Å². The van der Waals surface area contributed by atoms with Gasteiger partial charge in [0.2, 0.25) is 0 Å². The molecule has 3 nitrogen and oxygen atoms in total. The van der Waals surface area contributed by atoms with Gasteiger partial charge in [-0.15, -0.1) is 12.4 Å². The van der Waals surface area contributed by atoms with E-state index in [4.69, 9.17) is 4.74 Å². The molecule has 0 amide bonds. The number of nitrogens with one attached hydrogen (secondary N) is 1. The molecular formula is C13H18ClNO2. The van der Waals surface area contributed by atoms with Gasteiger partial charge in [-0.3, -0.25) is 0 Å². The number of rotatable bonds is 2. The van der Waals surface area contributed by atoms with Crippen LogP contribution in [0.3, 0.4) is 0 Å². The lowest BCUT2D eigenvalue weighted by molar-refractivity contribution is 0.0600. The number of ether oxygens (including phenoxy) is 1. The van der Waals surface area contributed by atoms with Gasteiger partial charge in [0.15, 0.2) is 0 Å². The SMILES string of the molecule is COC(=O)c1ccc(C2CCNC2)c(C)c1.Cl. The van der Waals surface area contributed by atoms with Crippen LogP contribution in [0.1, 0.15) is 33.8 Å². The van der Waals surface area contributed by atoms with Crippen LogP contribution in [0.15, 0.2) is 18.2 Å². The van der Waals surface area contributed by atoms with Crippen LogP contribution in [-0.4, -0.2) is 26.2 Å². The van der Waals surface area contributed by atoms with Crippen molar-refractivity contribution in [1.29, 1.82) is 0 Å². The molecule has 0 spiro atoms. The highest BCUT2D eigenvalue weighted by atomic mass is 35.5. The van der Waals surface area contributed by atoms with Gasteiger partial charge in [0, 0.05) is 6.54 Å². The van der Waals surface area contributed by atoms with E-state index in [0.717, 1.165) is 13.1 Å². The number of halogens is 1. The lowest BCUT2D eigenvalue weighted by Crippen LogP contribution is -2.09. The maximum atomic E-state index is 11.4. The summed E-state index contributed by atoms with van der Waals surface area (Å²) in [5, 5.41) is 3.35. The highest BCUT2D eigenvalue weighted by molar-refractivity contribution is 5.89. The summed E-state index contributed by atoms with van der Waals surface area (Å²) >= 11 is 0. The first-order chi connectivity index (χ1) is 7.72. The van der Waals surface area contributed by atoms with E-state index in [2.05, 4.69) is 18.3 Å². The van der Waals surface area contributed by atoms with E-state index >= 15 is 0 Å². The summed E-state index contributed by atoms with van der Waals surface area (Å²) in [6.07, 6.45) is 1.18. The number of carbonyl (C=O) groups excluding carboxylic acids is 1. The predicted octanol–water partition coefficient (Wildman–Crippen LogP) is 2.28. The summed E-state index contributed by atoms with van der Waals surface area (Å²) in [5.74, 6) is 0.325. The van der Waals surface area contributed by atoms with Crippen molar-refractivity contribution in [2.75, 3.05) is 20.2 Å². The molecule has 1 saturated heterocycles. The lowest BCUT2D eigenvalue weighted by Gasteiger charge is -2.13. The Morgan fingerprint density at radius 3 is 2.76 bits per heavy atom. The van der Waals surface area contributed by atoms with E-state index in [0.29, 0.717) is 11.5 Å². The van der Waals surface area contributed by atoms with Gasteiger partial charge in [0.05, 0.1) is 12.7 Å². The molecule has 1 aromatic rings. The highest BCUT2D eigenvalue weighted by Gasteiger charge is 2.19. The van der Waals surface area contributed by atoms with Crippen molar-refractivity contribution in [3.8, 4) is 0 Å². The fourth-order valence-corrected chi connectivity index (χ4v) is 2.30. The molecule has 94 valence electrons. The van der Waals surface area contributed by atoms with Gasteiger partial charge in [-0.1, -0.05) is 6.07 Å². The van der Waals surface area contributed by atoms with Crippen molar-refractivity contribution in [3.05, 3.63) is 34.9 Å². The first-order valence-corrected chi connectivity index (χ1v) is 5.62. The molecule has 1 N–H and O–H groups in total. The molecule has 4 heteroatoms. The minimum Gasteiger partial charge on any atom is -0.465 e. The minimum atomic E-state index is -0.265. The van der Waals surface area contributed by atoms with Crippen molar-refractivity contribution < 1.29 is 9.53 Å². The minimum absolute atomic E-state index is 0. The molecule has 1 unspecified atom stereocenters. The number of aryl methyl sites for hydroxylation is 1. The van der Waals surface area contributed by atoms with Gasteiger partial charge in [0.1, 0.15) is 0 Å². The zero-order valence-electron chi connectivity index (χ0n) is 10.2. The fraction of sp³-hybridized carbons (Fsp3) is 0.462. The van der Waals surface area contributed by atoms with Gasteiger partial charge in [-0.2, -0.15) is 0 Å². The Hall–Kier alpha value is -1.06. The van der Waals surface area contributed by atoms with Crippen LogP contribution in [0.2, 0.25) is 0 Å². The molecular weight excluding hydrogens is 238 g/mol. The van der Waals surface area contributed by atoms with E-state index in [1.807, 2.05) is 12.1 Å². The van der Waals surface area contributed by atoms with Crippen LogP contribution in [0.4, 0.5) is 0 Å². The molecule has 1 aromatic carbocycles. The molecule has 1 aliphatic heterocycles. The smallest absolute Gasteiger partial charge is 0.337 e. The summed E-state index contributed by atoms with van der Waals surface area (Å²) in [7, 11) is 1.41. The Kier molecular flexibility index (Phi) is 4.97. The standard InChI is InChI=1S/C13H17NO2.ClH/c1-9-7-10(13(15)16-2)3-4-12(9)11-5-6-14-8-11;/h3-4,7,11,14H,5-6,8H2,1-2H3;1H. The molecule has 1 atom stereocenters. The molecule has 0 saturated carbocycles. The number of benzene rings is 1. The molecule has 0 bridgehead atoms. The first-order valence-electron chi connectivity index (χ1n) is 5.62. The van der Waals surface area contributed by atoms with Gasteiger partial charge in [0.25, 0.3) is 0 Å². The van der Waals surface area contributed by atoms with Crippen molar-refractivity contribution in [2.45, 2.75) is 19.3 Å². The van der Waals surface area contributed by atoms with Gasteiger partial charge in [-0.25, -0.2) is 4.79 Å². The predicted molar refractivity (Wildman–Crippen MR) is 70.0 cm³/mol. The van der Waals surface area contributed by atoms with Crippen molar-refractivity contribution in [3.63, 3.8) is 0 Å². The molecule has 1 fully saturated rings. The Bertz CT molecular complexity index is 400. The second-order valence-electron chi connectivity index (χ2n) is 4.25. The van der Waals surface area contributed by atoms with Crippen LogP contribution in [0, 0.1) is 6.92 Å². The van der Waals surface area contributed by atoms with Crippen molar-refractivity contribution in [2.24, 2.45) is 0 Å². The van der Waals surface area contributed by atoms with Crippen LogP contribution in [0.5, 0.6) is 0 Å². The number of hydrogen-bond donors (Lipinski definition) is 1. The Morgan fingerprint density at radius 1 is 1.47 bits per heavy atom. The maximum absolute atomic E-state index is 11.4. The average Bonchev–Trinajstić information content (AvgIpc) is 2.81. The fourth-order valence-electron chi connectivity index (χ4n) is 2.30. The quantitative estimate of drug-likeness (QED) is 0.824. The Morgan fingerprint density at radius 2 is 2.24 bits per heavy atom. The number of hydrogen-bond acceptors (Lipinski definition) is 3. The lowest BCUT2D eigenvalue weighted by atomic mass is 9.93. The van der Waals surface area contributed by atoms with E-state index in [1.165, 1.54) is 24.7 Å². The van der Waals surface area contributed by atoms with Crippen LogP contribution >= 0.6 is 12.4 Å². The molecule has 0 aliphatic carbocycles. The van der Waals surface area contributed by atoms with E-state index in [1.54, 1.807) is 0 Å². The zero-order chi connectivity index (χ0) is 11.5. The zero-order valence-corrected chi connectivity index (χ0v) is 11.0. The van der Waals surface area contributed by atoms with Gasteiger partial charge < -0.3 is 10.1 Å². The molecule has 17 heavy (non-hydrogen) atoms. The van der Waals surface area contributed by atoms with Crippen molar-refractivity contribution in [1.82, 2.24) is 5.32 Å². The summed E-state index contributed by atoms with van der Waals surface area (Å²) in [6.45, 7) is 4.18. The third kappa shape index (κ3) is 2.99. The summed E-state index contributed by atoms with van der Waals surface area (Å²) in [5.41, 5.74) is 3.16. The summed E-state index contributed by atoms with van der Waals surface area (Å²) < 4.78 is 4.71. The van der Waals surface area contributed by atoms with E-state index in [9.17, 15) is 4.79 Å². The summed E-state index contributed by atoms with van der Waals surface area (Å²) in [6, 6.07) is 5.82. The maximum Gasteiger partial charge on any atom is 0.337 e. The second-order valence-corrected chi connectivity index (χ2v) is 4.25. The molecule has 0 radical (unpaired) electrons. The second kappa shape index (κ2) is 6.03. The molecule has 0 aromatic heterocycles. The highest BCUT2D eigenvalue weighted by Crippen LogP contribution is 2.26. The van der Waals surface area contributed by atoms with Crippen LogP contribution in [0.25, 0.3) is 0 Å².